The molecule has 38 heavy (non-hydrogen) atoms. The van der Waals surface area contributed by atoms with Crippen molar-refractivity contribution >= 4 is 28.0 Å². The summed E-state index contributed by atoms with van der Waals surface area (Å²) in [4.78, 5) is 38.5. The Hall–Kier alpha value is -4.06. The molecule has 1 aliphatic rings. The van der Waals surface area contributed by atoms with Crippen LogP contribution in [0.4, 0.5) is 0 Å². The summed E-state index contributed by atoms with van der Waals surface area (Å²) in [6.07, 6.45) is -5.34. The van der Waals surface area contributed by atoms with Crippen LogP contribution in [0.1, 0.15) is 31.1 Å². The van der Waals surface area contributed by atoms with Crippen molar-refractivity contribution in [1.29, 1.82) is 0 Å². The molecule has 198 valence electrons. The van der Waals surface area contributed by atoms with Crippen LogP contribution in [-0.2, 0) is 33.2 Å². The van der Waals surface area contributed by atoms with Gasteiger partial charge in [-0.25, -0.2) is 14.4 Å². The number of hydrogen-bond donors (Lipinski definition) is 0. The minimum atomic E-state index is -4.20. The fourth-order valence-electron chi connectivity index (χ4n) is 3.69. The molecule has 4 atom stereocenters. The van der Waals surface area contributed by atoms with E-state index in [0.717, 1.165) is 6.26 Å². The topological polar surface area (TPSA) is 132 Å². The molecule has 11 heteroatoms. The highest BCUT2D eigenvalue weighted by molar-refractivity contribution is 7.86. The van der Waals surface area contributed by atoms with Crippen molar-refractivity contribution in [3.63, 3.8) is 0 Å². The minimum absolute atomic E-state index is 0.156. The molecular weight excluding hydrogens is 516 g/mol. The molecule has 0 N–H and O–H groups in total. The lowest BCUT2D eigenvalue weighted by molar-refractivity contribution is -0.243. The second-order valence-electron chi connectivity index (χ2n) is 8.28. The SMILES string of the molecule is CS(=O)(=O)O[C@@H]1[C@H](OC(=O)c2ccccc2)OC[C@H](OC(=O)c2ccccc2)[C@@H]1OC(=O)c1ccccc1. The maximum absolute atomic E-state index is 13.0. The van der Waals surface area contributed by atoms with Gasteiger partial charge in [0.25, 0.3) is 10.1 Å². The Labute approximate surface area is 219 Å². The Balaban J connectivity index is 1.65. The molecule has 3 aromatic carbocycles. The molecule has 0 aliphatic carbocycles. The van der Waals surface area contributed by atoms with Crippen LogP contribution in [0.2, 0.25) is 0 Å². The lowest BCUT2D eigenvalue weighted by Crippen LogP contribution is -2.58. The summed E-state index contributed by atoms with van der Waals surface area (Å²) in [6.45, 7) is -0.387. The normalized spacial score (nSPS) is 21.2. The van der Waals surface area contributed by atoms with Crippen molar-refractivity contribution < 1.29 is 45.9 Å². The number of hydrogen-bond acceptors (Lipinski definition) is 10. The zero-order chi connectivity index (χ0) is 27.1. The van der Waals surface area contributed by atoms with E-state index in [2.05, 4.69) is 0 Å². The van der Waals surface area contributed by atoms with E-state index in [1.54, 1.807) is 54.6 Å². The molecule has 1 aliphatic heterocycles. The first-order valence-electron chi connectivity index (χ1n) is 11.5. The lowest BCUT2D eigenvalue weighted by Gasteiger charge is -2.39. The highest BCUT2D eigenvalue weighted by Crippen LogP contribution is 2.28. The molecule has 1 heterocycles. The fraction of sp³-hybridized carbons (Fsp3) is 0.222. The van der Waals surface area contributed by atoms with Gasteiger partial charge < -0.3 is 18.9 Å². The van der Waals surface area contributed by atoms with Gasteiger partial charge in [0.2, 0.25) is 6.29 Å². The van der Waals surface area contributed by atoms with Crippen LogP contribution in [0, 0.1) is 0 Å². The monoisotopic (exact) mass is 540 g/mol. The molecule has 1 saturated heterocycles. The maximum atomic E-state index is 13.0. The largest absolute Gasteiger partial charge is 0.452 e. The van der Waals surface area contributed by atoms with Gasteiger partial charge in [0.15, 0.2) is 18.3 Å². The third-order valence-electron chi connectivity index (χ3n) is 5.42. The summed E-state index contributed by atoms with van der Waals surface area (Å²) in [5.74, 6) is -2.43. The fourth-order valence-corrected chi connectivity index (χ4v) is 4.29. The zero-order valence-corrected chi connectivity index (χ0v) is 21.0. The summed E-state index contributed by atoms with van der Waals surface area (Å²) in [5, 5.41) is 0. The third-order valence-corrected chi connectivity index (χ3v) is 5.99. The van der Waals surface area contributed by atoms with Crippen molar-refractivity contribution in [2.45, 2.75) is 24.6 Å². The van der Waals surface area contributed by atoms with Crippen LogP contribution < -0.4 is 0 Å². The number of esters is 3. The Kier molecular flexibility index (Phi) is 8.52. The van der Waals surface area contributed by atoms with Crippen molar-refractivity contribution in [2.24, 2.45) is 0 Å². The van der Waals surface area contributed by atoms with E-state index in [1.807, 2.05) is 0 Å². The Morgan fingerprint density at radius 2 is 1.08 bits per heavy atom. The summed E-state index contributed by atoms with van der Waals surface area (Å²) in [7, 11) is -4.20. The quantitative estimate of drug-likeness (QED) is 0.239. The first kappa shape index (κ1) is 27.0. The van der Waals surface area contributed by atoms with Crippen LogP contribution in [-0.4, -0.2) is 63.8 Å². The standard InChI is InChI=1S/C27H24O10S/c1-38(31,32)37-23-22(35-25(29)19-13-7-3-8-14-19)21(34-24(28)18-11-5-2-6-12-18)17-33-27(23)36-26(30)20-15-9-4-10-16-20/h2-16,21-23,27H,17H2,1H3/t21-,22-,23-,27-/m0/s1. The molecule has 10 nitrogen and oxygen atoms in total. The van der Waals surface area contributed by atoms with Gasteiger partial charge in [-0.2, -0.15) is 8.42 Å². The van der Waals surface area contributed by atoms with E-state index >= 15 is 0 Å². The molecule has 0 bridgehead atoms. The van der Waals surface area contributed by atoms with Crippen LogP contribution in [0.3, 0.4) is 0 Å². The first-order valence-corrected chi connectivity index (χ1v) is 13.3. The second-order valence-corrected chi connectivity index (χ2v) is 9.88. The smallest absolute Gasteiger partial charge is 0.340 e. The highest BCUT2D eigenvalue weighted by Gasteiger charge is 2.49. The van der Waals surface area contributed by atoms with Crippen molar-refractivity contribution in [3.8, 4) is 0 Å². The van der Waals surface area contributed by atoms with Gasteiger partial charge in [0.05, 0.1) is 29.6 Å². The van der Waals surface area contributed by atoms with Crippen LogP contribution in [0.15, 0.2) is 91.0 Å². The number of ether oxygens (including phenoxy) is 4. The van der Waals surface area contributed by atoms with Crippen molar-refractivity contribution in [3.05, 3.63) is 108 Å². The molecule has 4 rings (SSSR count). The van der Waals surface area contributed by atoms with E-state index in [0.29, 0.717) is 0 Å². The molecular formula is C27H24O10S. The molecule has 0 aromatic heterocycles. The number of rotatable bonds is 8. The second kappa shape index (κ2) is 12.0. The van der Waals surface area contributed by atoms with E-state index in [1.165, 1.54) is 36.4 Å². The van der Waals surface area contributed by atoms with E-state index in [-0.39, 0.29) is 23.3 Å². The predicted molar refractivity (Wildman–Crippen MR) is 133 cm³/mol. The van der Waals surface area contributed by atoms with Crippen LogP contribution >= 0.6 is 0 Å². The minimum Gasteiger partial charge on any atom is -0.452 e. The Morgan fingerprint density at radius 1 is 0.658 bits per heavy atom. The average molecular weight is 541 g/mol. The average Bonchev–Trinajstić information content (AvgIpc) is 2.92. The maximum Gasteiger partial charge on any atom is 0.340 e. The van der Waals surface area contributed by atoms with Crippen LogP contribution in [0.25, 0.3) is 0 Å². The van der Waals surface area contributed by atoms with Gasteiger partial charge >= 0.3 is 17.9 Å². The molecule has 0 amide bonds. The van der Waals surface area contributed by atoms with Crippen molar-refractivity contribution in [1.82, 2.24) is 0 Å². The molecule has 0 spiro atoms. The Bertz CT molecular complexity index is 1360. The van der Waals surface area contributed by atoms with Gasteiger partial charge in [-0.3, -0.25) is 4.18 Å². The molecule has 0 unspecified atom stereocenters. The van der Waals surface area contributed by atoms with Gasteiger partial charge in [-0.1, -0.05) is 54.6 Å². The van der Waals surface area contributed by atoms with E-state index in [9.17, 15) is 22.8 Å². The van der Waals surface area contributed by atoms with Crippen LogP contribution in [0.5, 0.6) is 0 Å². The predicted octanol–water partition coefficient (Wildman–Crippen LogP) is 3.00. The van der Waals surface area contributed by atoms with E-state index in [4.69, 9.17) is 23.1 Å². The molecule has 0 saturated carbocycles. The van der Waals surface area contributed by atoms with E-state index < -0.39 is 52.6 Å². The summed E-state index contributed by atoms with van der Waals surface area (Å²) in [5.41, 5.74) is 0.534. The van der Waals surface area contributed by atoms with Gasteiger partial charge in [-0.15, -0.1) is 0 Å². The van der Waals surface area contributed by atoms with Gasteiger partial charge in [0.1, 0.15) is 0 Å². The Morgan fingerprint density at radius 3 is 1.53 bits per heavy atom. The summed E-state index contributed by atoms with van der Waals surface area (Å²) < 4.78 is 51.8. The molecule has 3 aromatic rings. The highest BCUT2D eigenvalue weighted by atomic mass is 32.2. The van der Waals surface area contributed by atoms with Gasteiger partial charge in [0, 0.05) is 0 Å². The zero-order valence-electron chi connectivity index (χ0n) is 20.2. The number of carbonyl (C=O) groups excluding carboxylic acids is 3. The third kappa shape index (κ3) is 7.03. The lowest BCUT2D eigenvalue weighted by atomic mass is 10.0. The number of benzene rings is 3. The summed E-state index contributed by atoms with van der Waals surface area (Å²) in [6, 6.07) is 23.9. The van der Waals surface area contributed by atoms with Gasteiger partial charge in [-0.05, 0) is 36.4 Å². The molecule has 1 fully saturated rings. The molecule has 0 radical (unpaired) electrons. The first-order chi connectivity index (χ1) is 18.2. The summed E-state index contributed by atoms with van der Waals surface area (Å²) >= 11 is 0. The number of carbonyl (C=O) groups is 3. The van der Waals surface area contributed by atoms with Crippen molar-refractivity contribution in [2.75, 3.05) is 12.9 Å².